The highest BCUT2D eigenvalue weighted by molar-refractivity contribution is 6.01. The average Bonchev–Trinajstić information content (AvgIpc) is 2.92. The lowest BCUT2D eigenvalue weighted by Crippen LogP contribution is -2.49. The van der Waals surface area contributed by atoms with Crippen molar-refractivity contribution in [2.45, 2.75) is 76.7 Å². The molecule has 0 aromatic heterocycles. The Bertz CT molecular complexity index is 441. The summed E-state index contributed by atoms with van der Waals surface area (Å²) in [5, 5.41) is 0. The highest BCUT2D eigenvalue weighted by atomic mass is 16.5. The molecular formula is C17H25NO4. The molecular weight excluding hydrogens is 282 g/mol. The third-order valence-electron chi connectivity index (χ3n) is 5.46. The molecule has 0 radical (unpaired) electrons. The maximum Gasteiger partial charge on any atom is 0.326 e. The molecule has 1 spiro atoms. The van der Waals surface area contributed by atoms with E-state index in [9.17, 15) is 14.4 Å². The monoisotopic (exact) mass is 307 g/mol. The second-order valence-corrected chi connectivity index (χ2v) is 7.18. The fourth-order valence-electron chi connectivity index (χ4n) is 4.22. The number of rotatable bonds is 3. The van der Waals surface area contributed by atoms with Crippen molar-refractivity contribution in [3.63, 3.8) is 0 Å². The van der Waals surface area contributed by atoms with Gasteiger partial charge in [0.05, 0.1) is 0 Å². The second-order valence-electron chi connectivity index (χ2n) is 7.18. The van der Waals surface area contributed by atoms with Gasteiger partial charge in [0.2, 0.25) is 11.8 Å². The summed E-state index contributed by atoms with van der Waals surface area (Å²) in [5.41, 5.74) is -0.113. The molecule has 3 fully saturated rings. The first-order valence-corrected chi connectivity index (χ1v) is 8.61. The number of amides is 2. The number of carbonyl (C=O) groups excluding carboxylic acids is 3. The van der Waals surface area contributed by atoms with E-state index in [1.54, 1.807) is 0 Å². The van der Waals surface area contributed by atoms with Gasteiger partial charge in [-0.3, -0.25) is 19.3 Å². The summed E-state index contributed by atoms with van der Waals surface area (Å²) in [5.74, 6) is -0.825. The molecule has 5 nitrogen and oxygen atoms in total. The highest BCUT2D eigenvalue weighted by Gasteiger charge is 2.45. The van der Waals surface area contributed by atoms with Crippen molar-refractivity contribution in [3.05, 3.63) is 0 Å². The number of hydrogen-bond acceptors (Lipinski definition) is 4. The molecule has 0 aromatic rings. The van der Waals surface area contributed by atoms with Crippen LogP contribution in [0.1, 0.15) is 70.6 Å². The van der Waals surface area contributed by atoms with Crippen LogP contribution in [0.3, 0.4) is 0 Å². The van der Waals surface area contributed by atoms with Gasteiger partial charge in [-0.15, -0.1) is 0 Å². The van der Waals surface area contributed by atoms with E-state index in [0.717, 1.165) is 56.3 Å². The van der Waals surface area contributed by atoms with Gasteiger partial charge in [0, 0.05) is 12.8 Å². The van der Waals surface area contributed by atoms with Crippen LogP contribution in [0.15, 0.2) is 0 Å². The summed E-state index contributed by atoms with van der Waals surface area (Å²) in [6.07, 6.45) is 10.1. The molecule has 1 heterocycles. The predicted molar refractivity (Wildman–Crippen MR) is 79.8 cm³/mol. The fourth-order valence-corrected chi connectivity index (χ4v) is 4.22. The van der Waals surface area contributed by atoms with Crippen LogP contribution in [0.2, 0.25) is 0 Å². The highest BCUT2D eigenvalue weighted by Crippen LogP contribution is 2.46. The Kier molecular flexibility index (Phi) is 4.50. The van der Waals surface area contributed by atoms with Crippen LogP contribution >= 0.6 is 0 Å². The van der Waals surface area contributed by atoms with Crippen molar-refractivity contribution < 1.29 is 19.1 Å². The number of imide groups is 1. The Balaban J connectivity index is 1.54. The first-order chi connectivity index (χ1) is 10.6. The van der Waals surface area contributed by atoms with Crippen LogP contribution in [-0.2, 0) is 19.1 Å². The first-order valence-electron chi connectivity index (χ1n) is 8.61. The van der Waals surface area contributed by atoms with Gasteiger partial charge in [-0.05, 0) is 43.9 Å². The van der Waals surface area contributed by atoms with Crippen LogP contribution in [0, 0.1) is 5.41 Å². The zero-order valence-corrected chi connectivity index (χ0v) is 13.1. The molecule has 2 aliphatic carbocycles. The van der Waals surface area contributed by atoms with E-state index in [2.05, 4.69) is 0 Å². The van der Waals surface area contributed by atoms with E-state index in [-0.39, 0.29) is 29.9 Å². The number of piperidine rings is 1. The lowest BCUT2D eigenvalue weighted by Gasteiger charge is -2.37. The molecule has 0 bridgehead atoms. The molecule has 2 saturated carbocycles. The van der Waals surface area contributed by atoms with Gasteiger partial charge < -0.3 is 4.74 Å². The topological polar surface area (TPSA) is 63.7 Å². The number of esters is 1. The largest absolute Gasteiger partial charge is 0.461 e. The SMILES string of the molecule is O=C(CN1C(=O)CC2(CCCC2)CC1=O)OC1CCCCC1. The van der Waals surface area contributed by atoms with Gasteiger partial charge in [0.15, 0.2) is 0 Å². The molecule has 1 saturated heterocycles. The van der Waals surface area contributed by atoms with Gasteiger partial charge >= 0.3 is 5.97 Å². The number of hydrogen-bond donors (Lipinski definition) is 0. The summed E-state index contributed by atoms with van der Waals surface area (Å²) >= 11 is 0. The van der Waals surface area contributed by atoms with Crippen LogP contribution in [0.25, 0.3) is 0 Å². The molecule has 1 aliphatic heterocycles. The molecule has 122 valence electrons. The minimum atomic E-state index is -0.434. The minimum Gasteiger partial charge on any atom is -0.461 e. The van der Waals surface area contributed by atoms with Crippen molar-refractivity contribution >= 4 is 17.8 Å². The summed E-state index contributed by atoms with van der Waals surface area (Å²) in [7, 11) is 0. The lowest BCUT2D eigenvalue weighted by molar-refractivity contribution is -0.164. The van der Waals surface area contributed by atoms with Crippen molar-refractivity contribution in [1.29, 1.82) is 0 Å². The molecule has 22 heavy (non-hydrogen) atoms. The van der Waals surface area contributed by atoms with Crippen molar-refractivity contribution in [2.24, 2.45) is 5.41 Å². The zero-order chi connectivity index (χ0) is 15.6. The van der Waals surface area contributed by atoms with Crippen molar-refractivity contribution in [1.82, 2.24) is 4.90 Å². The molecule has 0 atom stereocenters. The average molecular weight is 307 g/mol. The second kappa shape index (κ2) is 6.39. The van der Waals surface area contributed by atoms with Gasteiger partial charge in [-0.25, -0.2) is 0 Å². The van der Waals surface area contributed by atoms with Gasteiger partial charge in [-0.2, -0.15) is 0 Å². The summed E-state index contributed by atoms with van der Waals surface area (Å²) < 4.78 is 5.42. The Morgan fingerprint density at radius 3 is 2.18 bits per heavy atom. The summed E-state index contributed by atoms with van der Waals surface area (Å²) in [6.45, 7) is -0.204. The smallest absolute Gasteiger partial charge is 0.326 e. The van der Waals surface area contributed by atoms with E-state index < -0.39 is 5.97 Å². The normalized spacial score (nSPS) is 25.7. The molecule has 0 unspecified atom stereocenters. The third-order valence-corrected chi connectivity index (χ3v) is 5.46. The number of carbonyl (C=O) groups is 3. The number of ether oxygens (including phenoxy) is 1. The van der Waals surface area contributed by atoms with E-state index in [4.69, 9.17) is 4.74 Å². The van der Waals surface area contributed by atoms with Crippen LogP contribution in [0.4, 0.5) is 0 Å². The predicted octanol–water partition coefficient (Wildman–Crippen LogP) is 2.57. The van der Waals surface area contributed by atoms with Gasteiger partial charge in [0.1, 0.15) is 12.6 Å². The third kappa shape index (κ3) is 3.33. The zero-order valence-electron chi connectivity index (χ0n) is 13.1. The van der Waals surface area contributed by atoms with Gasteiger partial charge in [-0.1, -0.05) is 19.3 Å². The Labute approximate surface area is 131 Å². The van der Waals surface area contributed by atoms with E-state index in [1.807, 2.05) is 0 Å². The van der Waals surface area contributed by atoms with Crippen LogP contribution in [-0.4, -0.2) is 35.3 Å². The van der Waals surface area contributed by atoms with E-state index >= 15 is 0 Å². The summed E-state index contributed by atoms with van der Waals surface area (Å²) in [4.78, 5) is 37.7. The van der Waals surface area contributed by atoms with E-state index in [1.165, 1.54) is 6.42 Å². The first kappa shape index (κ1) is 15.5. The fraction of sp³-hybridized carbons (Fsp3) is 0.824. The van der Waals surface area contributed by atoms with E-state index in [0.29, 0.717) is 12.8 Å². The minimum absolute atomic E-state index is 0.0302. The van der Waals surface area contributed by atoms with Crippen molar-refractivity contribution in [2.75, 3.05) is 6.54 Å². The quantitative estimate of drug-likeness (QED) is 0.594. The van der Waals surface area contributed by atoms with Crippen LogP contribution < -0.4 is 0 Å². The summed E-state index contributed by atoms with van der Waals surface area (Å²) in [6, 6.07) is 0. The lowest BCUT2D eigenvalue weighted by atomic mass is 9.76. The standard InChI is InChI=1S/C17H25NO4/c19-14-10-17(8-4-5-9-17)11-15(20)18(14)12-16(21)22-13-6-2-1-3-7-13/h13H,1-12H2. The molecule has 2 amide bonds. The number of likely N-dealkylation sites (tertiary alicyclic amines) is 1. The maximum absolute atomic E-state index is 12.3. The number of nitrogens with zero attached hydrogens (tertiary/aromatic N) is 1. The molecule has 3 rings (SSSR count). The maximum atomic E-state index is 12.3. The molecule has 0 aromatic carbocycles. The molecule has 3 aliphatic rings. The Hall–Kier alpha value is -1.39. The molecule has 5 heteroatoms. The van der Waals surface area contributed by atoms with Crippen molar-refractivity contribution in [3.8, 4) is 0 Å². The Morgan fingerprint density at radius 1 is 1.00 bits per heavy atom. The molecule has 0 N–H and O–H groups in total. The van der Waals surface area contributed by atoms with Gasteiger partial charge in [0.25, 0.3) is 0 Å². The van der Waals surface area contributed by atoms with Crippen LogP contribution in [0.5, 0.6) is 0 Å². The Morgan fingerprint density at radius 2 is 1.59 bits per heavy atom.